The number of hydrogen-bond acceptors (Lipinski definition) is 4. The number of hydrogen-bond donors (Lipinski definition) is 2. The summed E-state index contributed by atoms with van der Waals surface area (Å²) in [4.78, 5) is 36.3. The molecule has 6 nitrogen and oxygen atoms in total. The maximum Gasteiger partial charge on any atom is 0.237 e. The van der Waals surface area contributed by atoms with Crippen molar-refractivity contribution in [3.8, 4) is 5.75 Å². The number of ether oxygens (including phenoxy) is 1. The molecule has 3 amide bonds. The highest BCUT2D eigenvalue weighted by molar-refractivity contribution is 9.10. The standard InChI is InChI=1S/C23H25BrN2O4/c1-3-23(13-12-21(28)26-22(23)29)16-6-8-17(9-7-16)25-20(27)11-5-15-4-10-19(30-2)18(24)14-15/h4,6-10,14H,3,5,11-13H2,1-2H3,(H,25,27)(H,26,28,29). The van der Waals surface area contributed by atoms with E-state index in [1.165, 1.54) is 0 Å². The number of anilines is 1. The van der Waals surface area contributed by atoms with Gasteiger partial charge in [0.25, 0.3) is 0 Å². The van der Waals surface area contributed by atoms with Gasteiger partial charge in [0.15, 0.2) is 0 Å². The smallest absolute Gasteiger partial charge is 0.237 e. The molecule has 7 heteroatoms. The minimum absolute atomic E-state index is 0.0825. The molecule has 1 aliphatic heterocycles. The normalized spacial score (nSPS) is 18.6. The second kappa shape index (κ2) is 9.43. The van der Waals surface area contributed by atoms with Crippen LogP contribution in [0, 0.1) is 0 Å². The van der Waals surface area contributed by atoms with Crippen LogP contribution in [0.2, 0.25) is 0 Å². The molecule has 0 saturated carbocycles. The van der Waals surface area contributed by atoms with Crippen LogP contribution in [0.15, 0.2) is 46.9 Å². The van der Waals surface area contributed by atoms with Gasteiger partial charge in [-0.3, -0.25) is 19.7 Å². The van der Waals surface area contributed by atoms with Crippen molar-refractivity contribution < 1.29 is 19.1 Å². The topological polar surface area (TPSA) is 84.5 Å². The number of methoxy groups -OCH3 is 1. The lowest BCUT2D eigenvalue weighted by molar-refractivity contribution is -0.138. The molecule has 2 N–H and O–H groups in total. The number of imide groups is 1. The Morgan fingerprint density at radius 2 is 1.93 bits per heavy atom. The number of carbonyl (C=O) groups excluding carboxylic acids is 3. The molecule has 1 unspecified atom stereocenters. The third-order valence-electron chi connectivity index (χ3n) is 5.65. The largest absolute Gasteiger partial charge is 0.496 e. The van der Waals surface area contributed by atoms with Gasteiger partial charge in [0, 0.05) is 18.5 Å². The van der Waals surface area contributed by atoms with Gasteiger partial charge >= 0.3 is 0 Å². The Bertz CT molecular complexity index is 958. The summed E-state index contributed by atoms with van der Waals surface area (Å²) in [5.74, 6) is 0.200. The van der Waals surface area contributed by atoms with Crippen LogP contribution in [0.3, 0.4) is 0 Å². The number of benzene rings is 2. The molecule has 1 atom stereocenters. The highest BCUT2D eigenvalue weighted by Crippen LogP contribution is 2.36. The molecular weight excluding hydrogens is 448 g/mol. The quantitative estimate of drug-likeness (QED) is 0.593. The van der Waals surface area contributed by atoms with E-state index < -0.39 is 5.41 Å². The summed E-state index contributed by atoms with van der Waals surface area (Å²) in [6.07, 6.45) is 2.40. The average Bonchev–Trinajstić information content (AvgIpc) is 2.73. The van der Waals surface area contributed by atoms with Crippen LogP contribution in [0.25, 0.3) is 0 Å². The van der Waals surface area contributed by atoms with Crippen molar-refractivity contribution in [2.24, 2.45) is 0 Å². The van der Waals surface area contributed by atoms with Crippen molar-refractivity contribution >= 4 is 39.3 Å². The molecule has 1 fully saturated rings. The van der Waals surface area contributed by atoms with Crippen molar-refractivity contribution in [3.63, 3.8) is 0 Å². The molecule has 1 aliphatic rings. The third-order valence-corrected chi connectivity index (χ3v) is 6.27. The zero-order valence-corrected chi connectivity index (χ0v) is 18.7. The van der Waals surface area contributed by atoms with E-state index in [0.717, 1.165) is 21.3 Å². The van der Waals surface area contributed by atoms with Gasteiger partial charge in [0.1, 0.15) is 5.75 Å². The molecule has 3 rings (SSSR count). The van der Waals surface area contributed by atoms with Crippen LogP contribution >= 0.6 is 15.9 Å². The lowest BCUT2D eigenvalue weighted by Gasteiger charge is -2.35. The van der Waals surface area contributed by atoms with Crippen molar-refractivity contribution in [2.75, 3.05) is 12.4 Å². The number of nitrogens with one attached hydrogen (secondary N) is 2. The van der Waals surface area contributed by atoms with Crippen LogP contribution in [-0.4, -0.2) is 24.8 Å². The number of halogens is 1. The Balaban J connectivity index is 1.61. The Morgan fingerprint density at radius 1 is 1.20 bits per heavy atom. The Morgan fingerprint density at radius 3 is 2.53 bits per heavy atom. The number of piperidine rings is 1. The molecule has 0 spiro atoms. The summed E-state index contributed by atoms with van der Waals surface area (Å²) in [5, 5.41) is 5.35. The van der Waals surface area contributed by atoms with Crippen LogP contribution in [0.5, 0.6) is 5.75 Å². The van der Waals surface area contributed by atoms with E-state index in [2.05, 4.69) is 26.6 Å². The predicted octanol–water partition coefficient (Wildman–Crippen LogP) is 4.11. The summed E-state index contributed by atoms with van der Waals surface area (Å²) in [6, 6.07) is 13.1. The zero-order valence-electron chi connectivity index (χ0n) is 17.1. The number of carbonyl (C=O) groups is 3. The maximum absolute atomic E-state index is 12.5. The van der Waals surface area contributed by atoms with Crippen molar-refractivity contribution in [2.45, 2.75) is 44.4 Å². The average molecular weight is 473 g/mol. The second-order valence-corrected chi connectivity index (χ2v) is 8.26. The van der Waals surface area contributed by atoms with Gasteiger partial charge < -0.3 is 10.1 Å². The van der Waals surface area contributed by atoms with Crippen LogP contribution in [-0.2, 0) is 26.2 Å². The molecular formula is C23H25BrN2O4. The summed E-state index contributed by atoms with van der Waals surface area (Å²) < 4.78 is 6.08. The van der Waals surface area contributed by atoms with Crippen LogP contribution < -0.4 is 15.4 Å². The number of amides is 3. The fourth-order valence-electron chi connectivity index (χ4n) is 3.79. The minimum atomic E-state index is -0.696. The molecule has 0 aromatic heterocycles. The SMILES string of the molecule is CCC1(c2ccc(NC(=O)CCc3ccc(OC)c(Br)c3)cc2)CCC(=O)NC1=O. The van der Waals surface area contributed by atoms with Gasteiger partial charge in [-0.2, -0.15) is 0 Å². The van der Waals surface area contributed by atoms with Crippen molar-refractivity contribution in [1.29, 1.82) is 0 Å². The van der Waals surface area contributed by atoms with E-state index in [1.54, 1.807) is 19.2 Å². The number of rotatable bonds is 7. The summed E-state index contributed by atoms with van der Waals surface area (Å²) >= 11 is 3.45. The molecule has 2 aromatic rings. The Hall–Kier alpha value is -2.67. The lowest BCUT2D eigenvalue weighted by Crippen LogP contribution is -2.51. The van der Waals surface area contributed by atoms with E-state index in [9.17, 15) is 14.4 Å². The van der Waals surface area contributed by atoms with E-state index in [0.29, 0.717) is 37.8 Å². The fourth-order valence-corrected chi connectivity index (χ4v) is 4.37. The second-order valence-electron chi connectivity index (χ2n) is 7.41. The first-order chi connectivity index (χ1) is 14.4. The van der Waals surface area contributed by atoms with Gasteiger partial charge in [-0.25, -0.2) is 0 Å². The van der Waals surface area contributed by atoms with Crippen molar-refractivity contribution in [1.82, 2.24) is 5.32 Å². The Labute approximate surface area is 184 Å². The zero-order chi connectivity index (χ0) is 21.7. The highest BCUT2D eigenvalue weighted by atomic mass is 79.9. The van der Waals surface area contributed by atoms with E-state index >= 15 is 0 Å². The predicted molar refractivity (Wildman–Crippen MR) is 118 cm³/mol. The molecule has 1 heterocycles. The molecule has 2 aromatic carbocycles. The summed E-state index contributed by atoms with van der Waals surface area (Å²) in [7, 11) is 1.61. The van der Waals surface area contributed by atoms with Gasteiger partial charge in [0.05, 0.1) is 17.0 Å². The molecule has 30 heavy (non-hydrogen) atoms. The fraction of sp³-hybridized carbons (Fsp3) is 0.348. The van der Waals surface area contributed by atoms with Gasteiger partial charge in [0.2, 0.25) is 17.7 Å². The van der Waals surface area contributed by atoms with Crippen LogP contribution in [0.1, 0.15) is 43.7 Å². The van der Waals surface area contributed by atoms with Crippen molar-refractivity contribution in [3.05, 3.63) is 58.1 Å². The van der Waals surface area contributed by atoms with E-state index in [-0.39, 0.29) is 17.7 Å². The number of aryl methyl sites for hydroxylation is 1. The van der Waals surface area contributed by atoms with Crippen LogP contribution in [0.4, 0.5) is 5.69 Å². The first-order valence-electron chi connectivity index (χ1n) is 9.95. The third kappa shape index (κ3) is 4.73. The van der Waals surface area contributed by atoms with E-state index in [4.69, 9.17) is 4.74 Å². The maximum atomic E-state index is 12.5. The lowest BCUT2D eigenvalue weighted by atomic mass is 9.72. The molecule has 1 saturated heterocycles. The molecule has 0 bridgehead atoms. The molecule has 0 radical (unpaired) electrons. The first-order valence-corrected chi connectivity index (χ1v) is 10.7. The highest BCUT2D eigenvalue weighted by Gasteiger charge is 2.42. The molecule has 0 aliphatic carbocycles. The van der Waals surface area contributed by atoms with Gasteiger partial charge in [-0.15, -0.1) is 0 Å². The summed E-state index contributed by atoms with van der Waals surface area (Å²) in [5.41, 5.74) is 1.88. The van der Waals surface area contributed by atoms with Gasteiger partial charge in [-0.05, 0) is 70.6 Å². The van der Waals surface area contributed by atoms with E-state index in [1.807, 2.05) is 37.3 Å². The minimum Gasteiger partial charge on any atom is -0.496 e. The first kappa shape index (κ1) is 22.0. The molecule has 158 valence electrons. The summed E-state index contributed by atoms with van der Waals surface area (Å²) in [6.45, 7) is 1.95. The monoisotopic (exact) mass is 472 g/mol. The van der Waals surface area contributed by atoms with Gasteiger partial charge in [-0.1, -0.05) is 25.1 Å². The Kier molecular flexibility index (Phi) is 6.92.